The number of hydrogen-bond acceptors (Lipinski definition) is 3. The van der Waals surface area contributed by atoms with Crippen molar-refractivity contribution in [3.05, 3.63) is 34.1 Å². The van der Waals surface area contributed by atoms with Crippen LogP contribution in [0.5, 0.6) is 0 Å². The van der Waals surface area contributed by atoms with Gasteiger partial charge < -0.3 is 16.0 Å². The molecule has 1 aromatic rings. The molecule has 0 saturated carbocycles. The molecule has 0 fully saturated rings. The molecule has 1 aromatic carbocycles. The van der Waals surface area contributed by atoms with E-state index in [2.05, 4.69) is 37.8 Å². The van der Waals surface area contributed by atoms with Crippen LogP contribution in [0.2, 0.25) is 0 Å². The van der Waals surface area contributed by atoms with E-state index in [1.54, 1.807) is 0 Å². The Labute approximate surface area is 147 Å². The number of benzene rings is 1. The quantitative estimate of drug-likeness (QED) is 0.571. The molecule has 6 nitrogen and oxygen atoms in total. The van der Waals surface area contributed by atoms with Gasteiger partial charge in [-0.3, -0.25) is 14.4 Å². The van der Waals surface area contributed by atoms with Crippen molar-refractivity contribution in [2.24, 2.45) is 0 Å². The molecule has 3 N–H and O–H groups in total. The van der Waals surface area contributed by atoms with Crippen molar-refractivity contribution in [1.82, 2.24) is 16.0 Å². The van der Waals surface area contributed by atoms with Crippen molar-refractivity contribution >= 4 is 33.7 Å². The maximum absolute atomic E-state index is 13.1. The number of rotatable bonds is 8. The standard InChI is InChI=1S/C16H17BrFN3O3/c1-2-7-19-14(22)5-8-20-15(23)6-9-21-16(24)12-10-11(18)3-4-13(12)17/h1,3-4,10H,5-9H2,(H,19,22)(H,20,23)(H,21,24). The van der Waals surface area contributed by atoms with Crippen molar-refractivity contribution in [2.45, 2.75) is 12.8 Å². The Bertz CT molecular complexity index is 658. The summed E-state index contributed by atoms with van der Waals surface area (Å²) in [7, 11) is 0. The Morgan fingerprint density at radius 2 is 1.71 bits per heavy atom. The summed E-state index contributed by atoms with van der Waals surface area (Å²) in [6.45, 7) is 0.421. The smallest absolute Gasteiger partial charge is 0.252 e. The molecule has 0 aliphatic carbocycles. The van der Waals surface area contributed by atoms with E-state index in [0.717, 1.165) is 6.07 Å². The van der Waals surface area contributed by atoms with Crippen molar-refractivity contribution in [1.29, 1.82) is 0 Å². The van der Waals surface area contributed by atoms with Gasteiger partial charge in [-0.2, -0.15) is 0 Å². The summed E-state index contributed by atoms with van der Waals surface area (Å²) in [5, 5.41) is 7.55. The predicted octanol–water partition coefficient (Wildman–Crippen LogP) is 0.964. The lowest BCUT2D eigenvalue weighted by Crippen LogP contribution is -2.33. The number of amides is 3. The minimum absolute atomic E-state index is 0.0463. The number of carbonyl (C=O) groups excluding carboxylic acids is 3. The Kier molecular flexibility index (Phi) is 8.50. The topological polar surface area (TPSA) is 87.3 Å². The van der Waals surface area contributed by atoms with E-state index in [-0.39, 0.29) is 49.9 Å². The third kappa shape index (κ3) is 7.24. The van der Waals surface area contributed by atoms with Gasteiger partial charge >= 0.3 is 0 Å². The van der Waals surface area contributed by atoms with Crippen LogP contribution < -0.4 is 16.0 Å². The molecule has 0 radical (unpaired) electrons. The summed E-state index contributed by atoms with van der Waals surface area (Å²) in [5.74, 6) is 0.704. The summed E-state index contributed by atoms with van der Waals surface area (Å²) >= 11 is 3.16. The monoisotopic (exact) mass is 397 g/mol. The highest BCUT2D eigenvalue weighted by atomic mass is 79.9. The molecular formula is C16H17BrFN3O3. The van der Waals surface area contributed by atoms with Crippen LogP contribution in [0, 0.1) is 18.2 Å². The van der Waals surface area contributed by atoms with E-state index < -0.39 is 11.7 Å². The van der Waals surface area contributed by atoms with Gasteiger partial charge in [0.2, 0.25) is 11.8 Å². The van der Waals surface area contributed by atoms with Crippen molar-refractivity contribution in [2.75, 3.05) is 19.6 Å². The zero-order valence-electron chi connectivity index (χ0n) is 12.8. The highest BCUT2D eigenvalue weighted by Crippen LogP contribution is 2.17. The molecule has 0 aliphatic heterocycles. The number of halogens is 2. The molecule has 128 valence electrons. The van der Waals surface area contributed by atoms with Gasteiger partial charge in [0.25, 0.3) is 5.91 Å². The van der Waals surface area contributed by atoms with Gasteiger partial charge in [-0.1, -0.05) is 5.92 Å². The Morgan fingerprint density at radius 3 is 2.38 bits per heavy atom. The van der Waals surface area contributed by atoms with Crippen LogP contribution in [0.1, 0.15) is 23.2 Å². The second-order valence-electron chi connectivity index (χ2n) is 4.71. The fourth-order valence-corrected chi connectivity index (χ4v) is 2.12. The summed E-state index contributed by atoms with van der Waals surface area (Å²) in [5.41, 5.74) is 0.153. The molecule has 1 rings (SSSR count). The molecule has 0 aliphatic rings. The van der Waals surface area contributed by atoms with Gasteiger partial charge in [-0.25, -0.2) is 4.39 Å². The van der Waals surface area contributed by atoms with Crippen molar-refractivity contribution in [3.8, 4) is 12.3 Å². The largest absolute Gasteiger partial charge is 0.356 e. The van der Waals surface area contributed by atoms with Crippen LogP contribution in [-0.4, -0.2) is 37.4 Å². The van der Waals surface area contributed by atoms with Crippen LogP contribution in [0.25, 0.3) is 0 Å². The fourth-order valence-electron chi connectivity index (χ4n) is 1.70. The first-order valence-corrected chi connectivity index (χ1v) is 7.93. The van der Waals surface area contributed by atoms with Crippen LogP contribution in [0.3, 0.4) is 0 Å². The Morgan fingerprint density at radius 1 is 1.08 bits per heavy atom. The van der Waals surface area contributed by atoms with Gasteiger partial charge in [0.15, 0.2) is 0 Å². The molecule has 0 spiro atoms. The van der Waals surface area contributed by atoms with E-state index in [9.17, 15) is 18.8 Å². The van der Waals surface area contributed by atoms with Crippen LogP contribution in [0.15, 0.2) is 22.7 Å². The summed E-state index contributed by atoms with van der Waals surface area (Å²) in [6.07, 6.45) is 5.17. The van der Waals surface area contributed by atoms with E-state index in [4.69, 9.17) is 6.42 Å². The lowest BCUT2D eigenvalue weighted by molar-refractivity contribution is -0.122. The van der Waals surface area contributed by atoms with Crippen molar-refractivity contribution < 1.29 is 18.8 Å². The second kappa shape index (κ2) is 10.4. The maximum atomic E-state index is 13.1. The molecule has 0 heterocycles. The van der Waals surface area contributed by atoms with Crippen LogP contribution >= 0.6 is 15.9 Å². The van der Waals surface area contributed by atoms with Crippen LogP contribution in [-0.2, 0) is 9.59 Å². The van der Waals surface area contributed by atoms with E-state index in [0.29, 0.717) is 4.47 Å². The number of nitrogens with one attached hydrogen (secondary N) is 3. The first kappa shape index (κ1) is 19.6. The molecule has 0 unspecified atom stereocenters. The summed E-state index contributed by atoms with van der Waals surface area (Å²) in [6, 6.07) is 3.77. The normalized spacial score (nSPS) is 9.71. The molecule has 3 amide bonds. The highest BCUT2D eigenvalue weighted by molar-refractivity contribution is 9.10. The van der Waals surface area contributed by atoms with Crippen LogP contribution in [0.4, 0.5) is 4.39 Å². The Hall–Kier alpha value is -2.40. The molecule has 0 atom stereocenters. The fraction of sp³-hybridized carbons (Fsp3) is 0.312. The summed E-state index contributed by atoms with van der Waals surface area (Å²) in [4.78, 5) is 34.7. The molecule has 0 bridgehead atoms. The van der Waals surface area contributed by atoms with Gasteiger partial charge in [-0.15, -0.1) is 6.42 Å². The van der Waals surface area contributed by atoms with E-state index >= 15 is 0 Å². The average Bonchev–Trinajstić information content (AvgIpc) is 2.55. The minimum atomic E-state index is -0.524. The van der Waals surface area contributed by atoms with Gasteiger partial charge in [-0.05, 0) is 34.1 Å². The minimum Gasteiger partial charge on any atom is -0.356 e. The first-order chi connectivity index (χ1) is 11.4. The van der Waals surface area contributed by atoms with Gasteiger partial charge in [0, 0.05) is 30.4 Å². The maximum Gasteiger partial charge on any atom is 0.252 e. The summed E-state index contributed by atoms with van der Waals surface area (Å²) < 4.78 is 13.6. The SMILES string of the molecule is C#CCNC(=O)CCNC(=O)CCNC(=O)c1cc(F)ccc1Br. The average molecular weight is 398 g/mol. The third-order valence-corrected chi connectivity index (χ3v) is 3.56. The number of terminal acetylenes is 1. The van der Waals surface area contributed by atoms with E-state index in [1.165, 1.54) is 12.1 Å². The lowest BCUT2D eigenvalue weighted by Gasteiger charge is -2.08. The lowest BCUT2D eigenvalue weighted by atomic mass is 10.2. The van der Waals surface area contributed by atoms with Gasteiger partial charge in [0.05, 0.1) is 12.1 Å². The van der Waals surface area contributed by atoms with Crippen molar-refractivity contribution in [3.63, 3.8) is 0 Å². The molecule has 8 heteroatoms. The zero-order chi connectivity index (χ0) is 17.9. The predicted molar refractivity (Wildman–Crippen MR) is 90.5 cm³/mol. The molecule has 24 heavy (non-hydrogen) atoms. The second-order valence-corrected chi connectivity index (χ2v) is 5.57. The number of carbonyl (C=O) groups is 3. The number of hydrogen-bond donors (Lipinski definition) is 3. The van der Waals surface area contributed by atoms with Gasteiger partial charge in [0.1, 0.15) is 5.82 Å². The molecule has 0 saturated heterocycles. The zero-order valence-corrected chi connectivity index (χ0v) is 14.4. The van der Waals surface area contributed by atoms with E-state index in [1.807, 2.05) is 0 Å². The highest BCUT2D eigenvalue weighted by Gasteiger charge is 2.11. The Balaban J connectivity index is 2.26. The first-order valence-electron chi connectivity index (χ1n) is 7.14. The molecule has 0 aromatic heterocycles. The molecular weight excluding hydrogens is 381 g/mol. The third-order valence-electron chi connectivity index (χ3n) is 2.87.